The summed E-state index contributed by atoms with van der Waals surface area (Å²) in [6, 6.07) is 14.8. The van der Waals surface area contributed by atoms with Crippen LogP contribution in [-0.2, 0) is 9.53 Å². The van der Waals surface area contributed by atoms with Crippen LogP contribution in [0.2, 0.25) is 0 Å². The Bertz CT molecular complexity index is 910. The minimum absolute atomic E-state index is 0.0341. The molecule has 2 N–H and O–H groups in total. The number of nitrogens with one attached hydrogen (secondary N) is 2. The molecule has 0 bridgehead atoms. The van der Waals surface area contributed by atoms with Crippen molar-refractivity contribution in [1.82, 2.24) is 10.6 Å². The second-order valence-electron chi connectivity index (χ2n) is 5.76. The lowest BCUT2D eigenvalue weighted by Crippen LogP contribution is -2.45. The predicted molar refractivity (Wildman–Crippen MR) is 105 cm³/mol. The lowest BCUT2D eigenvalue weighted by atomic mass is 9.93. The molecule has 2 aromatic carbocycles. The smallest absolute Gasteiger partial charge is 0.338 e. The molecule has 0 amide bonds. The van der Waals surface area contributed by atoms with Crippen molar-refractivity contribution in [2.75, 3.05) is 6.61 Å². The quantitative estimate of drug-likeness (QED) is 0.355. The number of carbonyl (C=O) groups excluding carboxylic acids is 1. The van der Waals surface area contributed by atoms with Gasteiger partial charge < -0.3 is 15.4 Å². The highest BCUT2D eigenvalue weighted by atomic mass is 32.1. The van der Waals surface area contributed by atoms with Gasteiger partial charge in [-0.1, -0.05) is 30.3 Å². The number of hydrogen-bond acceptors (Lipinski definition) is 5. The number of benzene rings is 2. The number of esters is 1. The van der Waals surface area contributed by atoms with Crippen LogP contribution in [0.25, 0.3) is 5.70 Å². The Labute approximate surface area is 161 Å². The molecule has 0 saturated carbocycles. The van der Waals surface area contributed by atoms with E-state index in [0.29, 0.717) is 21.9 Å². The first kappa shape index (κ1) is 18.5. The fourth-order valence-corrected chi connectivity index (χ4v) is 3.09. The van der Waals surface area contributed by atoms with Crippen molar-refractivity contribution < 1.29 is 14.5 Å². The average Bonchev–Trinajstić information content (AvgIpc) is 2.68. The molecule has 1 aliphatic rings. The van der Waals surface area contributed by atoms with Crippen LogP contribution in [0.1, 0.15) is 24.1 Å². The molecule has 0 aromatic heterocycles. The molecule has 2 aromatic rings. The number of hydrogen-bond donors (Lipinski definition) is 2. The Hall–Kier alpha value is -3.26. The fraction of sp³-hybridized carbons (Fsp3) is 0.158. The molecule has 27 heavy (non-hydrogen) atoms. The van der Waals surface area contributed by atoms with Crippen LogP contribution < -0.4 is 10.6 Å². The van der Waals surface area contributed by atoms with Gasteiger partial charge in [0.05, 0.1) is 28.8 Å². The SMILES string of the molecule is CCOC(=O)C1=C(c2ccc([N+](=O)[O-])cc2)NC(=S)NC1c1ccccc1. The summed E-state index contributed by atoms with van der Waals surface area (Å²) < 4.78 is 5.25. The lowest BCUT2D eigenvalue weighted by molar-refractivity contribution is -0.384. The van der Waals surface area contributed by atoms with Gasteiger partial charge in [0.2, 0.25) is 0 Å². The lowest BCUT2D eigenvalue weighted by Gasteiger charge is -2.31. The highest BCUT2D eigenvalue weighted by Crippen LogP contribution is 2.32. The molecule has 1 atom stereocenters. The van der Waals surface area contributed by atoms with Gasteiger partial charge in [0, 0.05) is 12.1 Å². The molecule has 7 nitrogen and oxygen atoms in total. The van der Waals surface area contributed by atoms with Crippen LogP contribution in [0.4, 0.5) is 5.69 Å². The second kappa shape index (κ2) is 7.96. The van der Waals surface area contributed by atoms with Gasteiger partial charge in [0.15, 0.2) is 5.11 Å². The van der Waals surface area contributed by atoms with E-state index in [9.17, 15) is 14.9 Å². The van der Waals surface area contributed by atoms with E-state index in [1.807, 2.05) is 30.3 Å². The first-order valence-corrected chi connectivity index (χ1v) is 8.70. The standard InChI is InChI=1S/C19H17N3O4S/c1-2-26-18(23)15-16(12-6-4-3-5-7-12)20-19(27)21-17(15)13-8-10-14(11-9-13)22(24)25/h3-11,16H,2H2,1H3,(H2,20,21,27). The van der Waals surface area contributed by atoms with Gasteiger partial charge in [-0.3, -0.25) is 10.1 Å². The molecule has 3 rings (SSSR count). The number of nitrogens with zero attached hydrogens (tertiary/aromatic N) is 1. The summed E-state index contributed by atoms with van der Waals surface area (Å²) in [6.07, 6.45) is 0. The van der Waals surface area contributed by atoms with Crippen LogP contribution in [0, 0.1) is 10.1 Å². The number of nitro groups is 1. The zero-order chi connectivity index (χ0) is 19.4. The van der Waals surface area contributed by atoms with Crippen molar-refractivity contribution in [3.05, 3.63) is 81.4 Å². The Morgan fingerprint density at radius 1 is 1.19 bits per heavy atom. The maximum Gasteiger partial charge on any atom is 0.338 e. The minimum Gasteiger partial charge on any atom is -0.463 e. The summed E-state index contributed by atoms with van der Waals surface area (Å²) in [5.74, 6) is -0.484. The summed E-state index contributed by atoms with van der Waals surface area (Å²) in [6.45, 7) is 1.96. The van der Waals surface area contributed by atoms with E-state index < -0.39 is 16.9 Å². The summed E-state index contributed by atoms with van der Waals surface area (Å²) >= 11 is 5.31. The number of carbonyl (C=O) groups is 1. The molecule has 0 saturated heterocycles. The first-order valence-electron chi connectivity index (χ1n) is 8.29. The van der Waals surface area contributed by atoms with Crippen molar-refractivity contribution in [1.29, 1.82) is 0 Å². The highest BCUT2D eigenvalue weighted by molar-refractivity contribution is 7.80. The Morgan fingerprint density at radius 2 is 1.85 bits per heavy atom. The maximum atomic E-state index is 12.7. The number of nitro benzene ring substituents is 1. The topological polar surface area (TPSA) is 93.5 Å². The Balaban J connectivity index is 2.15. The third-order valence-electron chi connectivity index (χ3n) is 4.07. The van der Waals surface area contributed by atoms with E-state index in [-0.39, 0.29) is 12.3 Å². The summed E-state index contributed by atoms with van der Waals surface area (Å²) in [7, 11) is 0. The second-order valence-corrected chi connectivity index (χ2v) is 6.16. The van der Waals surface area contributed by atoms with Crippen LogP contribution in [0.3, 0.4) is 0 Å². The van der Waals surface area contributed by atoms with Gasteiger partial charge in [-0.05, 0) is 42.4 Å². The number of ether oxygens (including phenoxy) is 1. The molecule has 8 heteroatoms. The molecule has 0 spiro atoms. The first-order chi connectivity index (χ1) is 13.0. The van der Waals surface area contributed by atoms with Crippen molar-refractivity contribution in [3.8, 4) is 0 Å². The molecule has 1 aliphatic heterocycles. The van der Waals surface area contributed by atoms with Gasteiger partial charge in [-0.25, -0.2) is 4.79 Å². The van der Waals surface area contributed by atoms with E-state index >= 15 is 0 Å². The van der Waals surface area contributed by atoms with E-state index in [4.69, 9.17) is 17.0 Å². The van der Waals surface area contributed by atoms with Crippen molar-refractivity contribution >= 4 is 34.7 Å². The van der Waals surface area contributed by atoms with E-state index in [1.165, 1.54) is 12.1 Å². The monoisotopic (exact) mass is 383 g/mol. The van der Waals surface area contributed by atoms with Crippen LogP contribution in [0.15, 0.2) is 60.2 Å². The summed E-state index contributed by atoms with van der Waals surface area (Å²) in [5, 5.41) is 17.4. The summed E-state index contributed by atoms with van der Waals surface area (Å²) in [5.41, 5.74) is 2.26. The van der Waals surface area contributed by atoms with Crippen LogP contribution in [0.5, 0.6) is 0 Å². The zero-order valence-electron chi connectivity index (χ0n) is 14.5. The van der Waals surface area contributed by atoms with Crippen molar-refractivity contribution in [3.63, 3.8) is 0 Å². The van der Waals surface area contributed by atoms with Crippen LogP contribution in [-0.4, -0.2) is 22.6 Å². The summed E-state index contributed by atoms with van der Waals surface area (Å²) in [4.78, 5) is 23.2. The zero-order valence-corrected chi connectivity index (χ0v) is 15.3. The van der Waals surface area contributed by atoms with Crippen LogP contribution >= 0.6 is 12.2 Å². The van der Waals surface area contributed by atoms with Gasteiger partial charge in [-0.15, -0.1) is 0 Å². The predicted octanol–water partition coefficient (Wildman–Crippen LogP) is 3.09. The van der Waals surface area contributed by atoms with E-state index in [2.05, 4.69) is 10.6 Å². The third-order valence-corrected chi connectivity index (χ3v) is 4.29. The maximum absolute atomic E-state index is 12.7. The van der Waals surface area contributed by atoms with E-state index in [0.717, 1.165) is 5.56 Å². The van der Waals surface area contributed by atoms with Crippen molar-refractivity contribution in [2.45, 2.75) is 13.0 Å². The van der Waals surface area contributed by atoms with Gasteiger partial charge >= 0.3 is 5.97 Å². The Kier molecular flexibility index (Phi) is 5.46. The molecular weight excluding hydrogens is 366 g/mol. The van der Waals surface area contributed by atoms with Gasteiger partial charge in [0.25, 0.3) is 5.69 Å². The molecule has 0 fully saturated rings. The third kappa shape index (κ3) is 3.95. The molecule has 1 heterocycles. The molecule has 138 valence electrons. The molecule has 0 aliphatic carbocycles. The molecular formula is C19H17N3O4S. The number of rotatable bonds is 5. The minimum atomic E-state index is -0.496. The number of non-ortho nitro benzene ring substituents is 1. The number of thiocarbonyl (C=S) groups is 1. The normalized spacial score (nSPS) is 16.3. The van der Waals surface area contributed by atoms with Crippen molar-refractivity contribution in [2.24, 2.45) is 0 Å². The molecule has 1 unspecified atom stereocenters. The average molecular weight is 383 g/mol. The fourth-order valence-electron chi connectivity index (χ4n) is 2.87. The highest BCUT2D eigenvalue weighted by Gasteiger charge is 2.33. The largest absolute Gasteiger partial charge is 0.463 e. The molecule has 0 radical (unpaired) electrons. The van der Waals surface area contributed by atoms with E-state index in [1.54, 1.807) is 19.1 Å². The van der Waals surface area contributed by atoms with Gasteiger partial charge in [-0.2, -0.15) is 0 Å². The Morgan fingerprint density at radius 3 is 2.44 bits per heavy atom. The van der Waals surface area contributed by atoms with Gasteiger partial charge in [0.1, 0.15) is 0 Å².